The lowest BCUT2D eigenvalue weighted by atomic mass is 9.91. The van der Waals surface area contributed by atoms with Crippen LogP contribution in [0, 0.1) is 22.7 Å². The maximum Gasteiger partial charge on any atom is 0.153 e. The fourth-order valence-electron chi connectivity index (χ4n) is 7.02. The van der Waals surface area contributed by atoms with Gasteiger partial charge in [-0.15, -0.1) is 0 Å². The first-order valence-electron chi connectivity index (χ1n) is 15.4. The Balaban J connectivity index is 1.21. The van der Waals surface area contributed by atoms with Gasteiger partial charge in [0.1, 0.15) is 23.3 Å². The van der Waals surface area contributed by atoms with E-state index in [4.69, 9.17) is 4.42 Å². The molecule has 0 aliphatic carbocycles. The lowest BCUT2D eigenvalue weighted by Crippen LogP contribution is -1.94. The van der Waals surface area contributed by atoms with Crippen molar-refractivity contribution >= 4 is 54.3 Å². The molecule has 0 spiro atoms. The average molecular weight is 598 g/mol. The number of nitrogens with zero attached hydrogens (tertiary/aromatic N) is 3. The average Bonchev–Trinajstić information content (AvgIpc) is 3.53. The Morgan fingerprint density at radius 2 is 0.936 bits per heavy atom. The van der Waals surface area contributed by atoms with Gasteiger partial charge in [0.05, 0.1) is 10.9 Å². The number of hydrogen-bond donors (Lipinski definition) is 0. The minimum absolute atomic E-state index is 0.170. The molecule has 0 bridgehead atoms. The van der Waals surface area contributed by atoms with Crippen LogP contribution in [0.1, 0.15) is 11.4 Å². The van der Waals surface area contributed by atoms with Gasteiger partial charge in [-0.3, -0.25) is 0 Å². The zero-order chi connectivity index (χ0) is 31.5. The summed E-state index contributed by atoms with van der Waals surface area (Å²) in [5, 5.41) is 28.9. The summed E-state index contributed by atoms with van der Waals surface area (Å²) in [5.41, 5.74) is 7.19. The van der Waals surface area contributed by atoms with Crippen LogP contribution in [-0.4, -0.2) is 4.98 Å². The molecule has 7 aromatic carbocycles. The molecule has 216 valence electrons. The van der Waals surface area contributed by atoms with Crippen LogP contribution in [-0.2, 0) is 0 Å². The summed E-state index contributed by atoms with van der Waals surface area (Å²) in [6.45, 7) is 0. The highest BCUT2D eigenvalue weighted by Crippen LogP contribution is 2.41. The maximum absolute atomic E-state index is 10.1. The van der Waals surface area contributed by atoms with Crippen molar-refractivity contribution in [1.29, 1.82) is 10.5 Å². The minimum atomic E-state index is 0.170. The third-order valence-corrected chi connectivity index (χ3v) is 9.16. The van der Waals surface area contributed by atoms with Crippen LogP contribution >= 0.6 is 0 Å². The molecule has 0 N–H and O–H groups in total. The van der Waals surface area contributed by atoms with Crippen LogP contribution in [0.5, 0.6) is 0 Å². The van der Waals surface area contributed by atoms with Crippen LogP contribution in [0.4, 0.5) is 0 Å². The maximum atomic E-state index is 10.1. The van der Waals surface area contributed by atoms with Crippen LogP contribution in [0.15, 0.2) is 144 Å². The Labute approximate surface area is 270 Å². The summed E-state index contributed by atoms with van der Waals surface area (Å²) < 4.78 is 6.37. The Morgan fingerprint density at radius 3 is 1.57 bits per heavy atom. The summed E-state index contributed by atoms with van der Waals surface area (Å²) in [6.07, 6.45) is 0. The molecule has 0 saturated carbocycles. The number of benzene rings is 7. The number of aromatic nitrogens is 1. The predicted molar refractivity (Wildman–Crippen MR) is 190 cm³/mol. The molecule has 0 fully saturated rings. The molecule has 0 radical (unpaired) electrons. The Morgan fingerprint density at radius 1 is 0.426 bits per heavy atom. The number of furan rings is 1. The van der Waals surface area contributed by atoms with E-state index in [1.165, 1.54) is 32.3 Å². The fourth-order valence-corrected chi connectivity index (χ4v) is 7.02. The van der Waals surface area contributed by atoms with Crippen molar-refractivity contribution < 1.29 is 4.42 Å². The summed E-state index contributed by atoms with van der Waals surface area (Å²) in [5.74, 6) is 0. The number of rotatable bonds is 3. The predicted octanol–water partition coefficient (Wildman–Crippen LogP) is 11.2. The second-order valence-corrected chi connectivity index (χ2v) is 11.7. The van der Waals surface area contributed by atoms with E-state index < -0.39 is 0 Å². The van der Waals surface area contributed by atoms with E-state index in [1.54, 1.807) is 0 Å². The van der Waals surface area contributed by atoms with E-state index in [2.05, 4.69) is 114 Å². The lowest BCUT2D eigenvalue weighted by Gasteiger charge is -2.12. The molecule has 0 unspecified atom stereocenters. The Bertz CT molecular complexity index is 2780. The van der Waals surface area contributed by atoms with Crippen LogP contribution in [0.3, 0.4) is 0 Å². The van der Waals surface area contributed by atoms with Gasteiger partial charge in [-0.1, -0.05) is 115 Å². The Hall–Kier alpha value is -6.75. The first kappa shape index (κ1) is 26.6. The molecule has 0 saturated heterocycles. The molecule has 0 atom stereocenters. The topological polar surface area (TPSA) is 73.6 Å². The van der Waals surface area contributed by atoms with Gasteiger partial charge >= 0.3 is 0 Å². The smallest absolute Gasteiger partial charge is 0.153 e. The monoisotopic (exact) mass is 597 g/mol. The van der Waals surface area contributed by atoms with Gasteiger partial charge in [-0.25, -0.2) is 4.98 Å². The van der Waals surface area contributed by atoms with Gasteiger partial charge < -0.3 is 4.42 Å². The summed E-state index contributed by atoms with van der Waals surface area (Å²) in [7, 11) is 0. The summed E-state index contributed by atoms with van der Waals surface area (Å²) >= 11 is 0. The van der Waals surface area contributed by atoms with E-state index in [0.717, 1.165) is 33.2 Å². The van der Waals surface area contributed by atoms with Crippen molar-refractivity contribution in [2.75, 3.05) is 0 Å². The molecular formula is C43H23N3O. The highest BCUT2D eigenvalue weighted by Gasteiger charge is 2.22. The standard InChI is InChI=1S/C43H23N3O/c44-24-38-41(26-9-2-1-3-10-26)43-42(39(25-45)46-38)37-23-30(18-20-40(37)47-43)28-12-8-11-27(21-28)29-17-19-35-33-15-5-4-13-31(33)32-14-6-7-16-34(32)36(35)22-29/h1-23H. The first-order valence-corrected chi connectivity index (χ1v) is 15.4. The van der Waals surface area contributed by atoms with E-state index >= 15 is 0 Å². The minimum Gasteiger partial charge on any atom is -0.455 e. The Kier molecular flexibility index (Phi) is 5.90. The number of fused-ring (bicyclic) bond motifs is 9. The van der Waals surface area contributed by atoms with E-state index in [-0.39, 0.29) is 11.4 Å². The highest BCUT2D eigenvalue weighted by molar-refractivity contribution is 6.25. The molecule has 4 heteroatoms. The van der Waals surface area contributed by atoms with Crippen LogP contribution < -0.4 is 0 Å². The van der Waals surface area contributed by atoms with Gasteiger partial charge in [0, 0.05) is 5.39 Å². The van der Waals surface area contributed by atoms with Crippen molar-refractivity contribution in [2.45, 2.75) is 0 Å². The molecule has 4 nitrogen and oxygen atoms in total. The van der Waals surface area contributed by atoms with Crippen LogP contribution in [0.2, 0.25) is 0 Å². The van der Waals surface area contributed by atoms with E-state index in [0.29, 0.717) is 22.1 Å². The van der Waals surface area contributed by atoms with Gasteiger partial charge in [0.15, 0.2) is 11.4 Å². The quantitative estimate of drug-likeness (QED) is 0.190. The number of hydrogen-bond acceptors (Lipinski definition) is 4. The molecule has 0 amide bonds. The lowest BCUT2D eigenvalue weighted by molar-refractivity contribution is 0.669. The third-order valence-electron chi connectivity index (χ3n) is 9.16. The molecule has 2 heterocycles. The van der Waals surface area contributed by atoms with Crippen molar-refractivity contribution in [3.05, 3.63) is 151 Å². The molecule has 0 aliphatic rings. The zero-order valence-corrected chi connectivity index (χ0v) is 25.0. The second kappa shape index (κ2) is 10.4. The van der Waals surface area contributed by atoms with Crippen molar-refractivity contribution in [2.24, 2.45) is 0 Å². The molecule has 2 aromatic heterocycles. The SMILES string of the molecule is N#Cc1nc(C#N)c2c(oc3ccc(-c4cccc(-c5ccc6c7ccccc7c7ccccc7c6c5)c4)cc32)c1-c1ccccc1. The molecular weight excluding hydrogens is 574 g/mol. The molecule has 47 heavy (non-hydrogen) atoms. The fraction of sp³-hybridized carbons (Fsp3) is 0. The van der Waals surface area contributed by atoms with Crippen molar-refractivity contribution in [3.63, 3.8) is 0 Å². The zero-order valence-electron chi connectivity index (χ0n) is 25.0. The second-order valence-electron chi connectivity index (χ2n) is 11.7. The van der Waals surface area contributed by atoms with Crippen LogP contribution in [0.25, 0.3) is 87.6 Å². The van der Waals surface area contributed by atoms with Gasteiger partial charge in [0.2, 0.25) is 0 Å². The van der Waals surface area contributed by atoms with E-state index in [9.17, 15) is 10.5 Å². The van der Waals surface area contributed by atoms with E-state index in [1.807, 2.05) is 42.5 Å². The largest absolute Gasteiger partial charge is 0.455 e. The number of pyridine rings is 1. The molecule has 9 rings (SSSR count). The third kappa shape index (κ3) is 4.10. The summed E-state index contributed by atoms with van der Waals surface area (Å²) in [6, 6.07) is 52.5. The summed E-state index contributed by atoms with van der Waals surface area (Å²) in [4.78, 5) is 4.48. The molecule has 9 aromatic rings. The molecule has 0 aliphatic heterocycles. The highest BCUT2D eigenvalue weighted by atomic mass is 16.3. The van der Waals surface area contributed by atoms with Gasteiger partial charge in [-0.05, 0) is 84.4 Å². The van der Waals surface area contributed by atoms with Gasteiger partial charge in [-0.2, -0.15) is 10.5 Å². The normalized spacial score (nSPS) is 11.4. The van der Waals surface area contributed by atoms with Gasteiger partial charge in [0.25, 0.3) is 0 Å². The van der Waals surface area contributed by atoms with Crippen molar-refractivity contribution in [3.8, 4) is 45.5 Å². The van der Waals surface area contributed by atoms with Crippen molar-refractivity contribution in [1.82, 2.24) is 4.98 Å². The number of nitriles is 2. The first-order chi connectivity index (χ1) is 23.2.